The molecule has 8 heteroatoms. The first-order chi connectivity index (χ1) is 9.97. The van der Waals surface area contributed by atoms with Crippen molar-refractivity contribution in [2.75, 3.05) is 5.32 Å². The molecule has 0 bridgehead atoms. The Labute approximate surface area is 138 Å². The molecule has 1 heterocycles. The van der Waals surface area contributed by atoms with Crippen molar-refractivity contribution in [3.8, 4) is 0 Å². The highest BCUT2D eigenvalue weighted by atomic mass is 79.9. The summed E-state index contributed by atoms with van der Waals surface area (Å²) < 4.78 is 0.605. The van der Waals surface area contributed by atoms with Crippen molar-refractivity contribution < 1.29 is 14.7 Å². The van der Waals surface area contributed by atoms with Gasteiger partial charge in [-0.25, -0.2) is 9.59 Å². The lowest BCUT2D eigenvalue weighted by atomic mass is 10.2. The van der Waals surface area contributed by atoms with E-state index in [1.165, 1.54) is 11.3 Å². The van der Waals surface area contributed by atoms with Gasteiger partial charge in [0.15, 0.2) is 6.04 Å². The minimum Gasteiger partial charge on any atom is -0.479 e. The van der Waals surface area contributed by atoms with Crippen LogP contribution in [0, 0.1) is 0 Å². The summed E-state index contributed by atoms with van der Waals surface area (Å²) in [6, 6.07) is 6.55. The molecule has 5 nitrogen and oxygen atoms in total. The lowest BCUT2D eigenvalue weighted by molar-refractivity contribution is -0.139. The van der Waals surface area contributed by atoms with E-state index in [1.54, 1.807) is 35.7 Å². The second-order valence-electron chi connectivity index (χ2n) is 4.01. The molecule has 2 aromatic rings. The Bertz CT molecular complexity index is 663. The summed E-state index contributed by atoms with van der Waals surface area (Å²) in [7, 11) is 0. The fourth-order valence-corrected chi connectivity index (χ4v) is 3.14. The average molecular weight is 390 g/mol. The molecular formula is C13H10BrClN2O3S. The van der Waals surface area contributed by atoms with Crippen LogP contribution in [-0.2, 0) is 4.79 Å². The number of hydrogen-bond donors (Lipinski definition) is 3. The first-order valence-corrected chi connectivity index (χ1v) is 7.81. The molecule has 1 aromatic heterocycles. The molecule has 0 aliphatic rings. The van der Waals surface area contributed by atoms with Gasteiger partial charge in [0.2, 0.25) is 0 Å². The number of urea groups is 1. The normalized spacial score (nSPS) is 11.7. The van der Waals surface area contributed by atoms with Crippen LogP contribution in [0.2, 0.25) is 5.02 Å². The van der Waals surface area contributed by atoms with Gasteiger partial charge in [0.25, 0.3) is 0 Å². The molecule has 110 valence electrons. The van der Waals surface area contributed by atoms with E-state index in [0.717, 1.165) is 0 Å². The van der Waals surface area contributed by atoms with Crippen molar-refractivity contribution in [3.63, 3.8) is 0 Å². The number of nitrogens with one attached hydrogen (secondary N) is 2. The quantitative estimate of drug-likeness (QED) is 0.736. The highest BCUT2D eigenvalue weighted by Crippen LogP contribution is 2.26. The molecule has 0 radical (unpaired) electrons. The molecule has 1 atom stereocenters. The maximum absolute atomic E-state index is 11.9. The Hall–Kier alpha value is -1.57. The van der Waals surface area contributed by atoms with E-state index in [9.17, 15) is 14.7 Å². The summed E-state index contributed by atoms with van der Waals surface area (Å²) in [5.74, 6) is -1.12. The van der Waals surface area contributed by atoms with Crippen LogP contribution in [0.15, 0.2) is 40.2 Å². The maximum atomic E-state index is 11.9. The Morgan fingerprint density at radius 3 is 2.67 bits per heavy atom. The van der Waals surface area contributed by atoms with E-state index >= 15 is 0 Å². The van der Waals surface area contributed by atoms with Crippen LogP contribution in [0.25, 0.3) is 0 Å². The minimum atomic E-state index is -1.12. The van der Waals surface area contributed by atoms with Gasteiger partial charge < -0.3 is 15.7 Å². The molecule has 0 spiro atoms. The molecule has 1 aromatic carbocycles. The summed E-state index contributed by atoms with van der Waals surface area (Å²) in [6.45, 7) is 0. The standard InChI is InChI=1S/C13H10BrClN2O3S/c14-8-6-7(15)3-4-9(8)16-13(20)17-11(12(18)19)10-2-1-5-21-10/h1-6,11H,(H,18,19)(H2,16,17,20). The number of thiophene rings is 1. The van der Waals surface area contributed by atoms with Crippen molar-refractivity contribution in [2.45, 2.75) is 6.04 Å². The molecule has 0 aliphatic heterocycles. The molecular weight excluding hydrogens is 380 g/mol. The monoisotopic (exact) mass is 388 g/mol. The summed E-state index contributed by atoms with van der Waals surface area (Å²) in [4.78, 5) is 23.7. The van der Waals surface area contributed by atoms with Crippen molar-refractivity contribution in [2.24, 2.45) is 0 Å². The maximum Gasteiger partial charge on any atom is 0.331 e. The third kappa shape index (κ3) is 4.20. The number of carbonyl (C=O) groups is 2. The third-order valence-corrected chi connectivity index (χ3v) is 4.36. The molecule has 3 N–H and O–H groups in total. The summed E-state index contributed by atoms with van der Waals surface area (Å²) in [5, 5.41) is 16.4. The zero-order valence-corrected chi connectivity index (χ0v) is 13.6. The van der Waals surface area contributed by atoms with Gasteiger partial charge in [-0.05, 0) is 45.6 Å². The Morgan fingerprint density at radius 1 is 1.33 bits per heavy atom. The average Bonchev–Trinajstić information content (AvgIpc) is 2.92. The minimum absolute atomic E-state index is 0.493. The predicted octanol–water partition coefficient (Wildman–Crippen LogP) is 4.11. The van der Waals surface area contributed by atoms with Gasteiger partial charge in [0.05, 0.1) is 5.69 Å². The number of amides is 2. The number of halogens is 2. The molecule has 0 saturated heterocycles. The van der Waals surface area contributed by atoms with Gasteiger partial charge in [-0.3, -0.25) is 0 Å². The molecule has 2 amide bonds. The van der Waals surface area contributed by atoms with E-state index in [-0.39, 0.29) is 0 Å². The smallest absolute Gasteiger partial charge is 0.331 e. The van der Waals surface area contributed by atoms with E-state index in [0.29, 0.717) is 20.1 Å². The number of carboxylic acids is 1. The first kappa shape index (κ1) is 15.8. The lowest BCUT2D eigenvalue weighted by Crippen LogP contribution is -2.36. The Kier molecular flexibility index (Phi) is 5.22. The molecule has 0 aliphatic carbocycles. The number of rotatable bonds is 4. The highest BCUT2D eigenvalue weighted by Gasteiger charge is 2.23. The molecule has 0 fully saturated rings. The highest BCUT2D eigenvalue weighted by molar-refractivity contribution is 9.10. The molecule has 2 rings (SSSR count). The van der Waals surface area contributed by atoms with Crippen LogP contribution in [0.5, 0.6) is 0 Å². The van der Waals surface area contributed by atoms with E-state index in [2.05, 4.69) is 26.6 Å². The zero-order chi connectivity index (χ0) is 15.4. The van der Waals surface area contributed by atoms with Gasteiger partial charge in [-0.2, -0.15) is 0 Å². The van der Waals surface area contributed by atoms with Crippen LogP contribution in [-0.4, -0.2) is 17.1 Å². The zero-order valence-electron chi connectivity index (χ0n) is 10.5. The number of anilines is 1. The van der Waals surface area contributed by atoms with E-state index in [4.69, 9.17) is 11.6 Å². The van der Waals surface area contributed by atoms with Gasteiger partial charge in [0.1, 0.15) is 0 Å². The lowest BCUT2D eigenvalue weighted by Gasteiger charge is -2.14. The number of benzene rings is 1. The van der Waals surface area contributed by atoms with Crippen molar-refractivity contribution in [1.29, 1.82) is 0 Å². The summed E-state index contributed by atoms with van der Waals surface area (Å²) >= 11 is 10.3. The SMILES string of the molecule is O=C(Nc1ccc(Cl)cc1Br)NC(C(=O)O)c1cccs1. The predicted molar refractivity (Wildman–Crippen MR) is 86.0 cm³/mol. The first-order valence-electron chi connectivity index (χ1n) is 5.76. The van der Waals surface area contributed by atoms with Crippen LogP contribution in [0.4, 0.5) is 10.5 Å². The van der Waals surface area contributed by atoms with E-state index in [1.807, 2.05) is 0 Å². The number of hydrogen-bond acceptors (Lipinski definition) is 3. The fourth-order valence-electron chi connectivity index (χ4n) is 1.59. The fraction of sp³-hybridized carbons (Fsp3) is 0.0769. The van der Waals surface area contributed by atoms with Gasteiger partial charge in [0, 0.05) is 14.4 Å². The number of carboxylic acid groups (broad SMARTS) is 1. The second-order valence-corrected chi connectivity index (χ2v) is 6.28. The number of aliphatic carboxylic acids is 1. The largest absolute Gasteiger partial charge is 0.479 e. The van der Waals surface area contributed by atoms with Crippen LogP contribution < -0.4 is 10.6 Å². The van der Waals surface area contributed by atoms with E-state index < -0.39 is 18.0 Å². The third-order valence-electron chi connectivity index (χ3n) is 2.53. The molecule has 1 unspecified atom stereocenters. The van der Waals surface area contributed by atoms with Gasteiger partial charge >= 0.3 is 12.0 Å². The van der Waals surface area contributed by atoms with Crippen molar-refractivity contribution >= 4 is 56.6 Å². The van der Waals surface area contributed by atoms with Crippen molar-refractivity contribution in [3.05, 3.63) is 50.1 Å². The topological polar surface area (TPSA) is 78.4 Å². The van der Waals surface area contributed by atoms with Crippen LogP contribution in [0.3, 0.4) is 0 Å². The van der Waals surface area contributed by atoms with Crippen LogP contribution >= 0.6 is 38.9 Å². The van der Waals surface area contributed by atoms with Crippen molar-refractivity contribution in [1.82, 2.24) is 5.32 Å². The summed E-state index contributed by atoms with van der Waals surface area (Å²) in [6.07, 6.45) is 0. The number of carbonyl (C=O) groups excluding carboxylic acids is 1. The summed E-state index contributed by atoms with van der Waals surface area (Å²) in [5.41, 5.74) is 0.493. The van der Waals surface area contributed by atoms with Crippen LogP contribution in [0.1, 0.15) is 10.9 Å². The Balaban J connectivity index is 2.08. The van der Waals surface area contributed by atoms with Gasteiger partial charge in [-0.1, -0.05) is 17.7 Å². The second kappa shape index (κ2) is 6.93. The molecule has 21 heavy (non-hydrogen) atoms. The molecule has 0 saturated carbocycles. The Morgan fingerprint density at radius 2 is 2.10 bits per heavy atom. The van der Waals surface area contributed by atoms with Gasteiger partial charge in [-0.15, -0.1) is 11.3 Å².